The first kappa shape index (κ1) is 18.3. The minimum Gasteiger partial charge on any atom is -0.312 e. The van der Waals surface area contributed by atoms with E-state index in [1.54, 1.807) is 36.4 Å². The summed E-state index contributed by atoms with van der Waals surface area (Å²) < 4.78 is 2.87. The molecule has 0 saturated carbocycles. The van der Waals surface area contributed by atoms with Crippen LogP contribution in [0.3, 0.4) is 0 Å². The summed E-state index contributed by atoms with van der Waals surface area (Å²) in [5.41, 5.74) is 5.11. The van der Waals surface area contributed by atoms with E-state index in [0.717, 1.165) is 26.5 Å². The van der Waals surface area contributed by atoms with E-state index in [1.807, 2.05) is 48.0 Å². The van der Waals surface area contributed by atoms with Crippen LogP contribution in [0, 0.1) is 0 Å². The first-order valence-corrected chi connectivity index (χ1v) is 9.54. The third kappa shape index (κ3) is 5.03. The Balaban J connectivity index is 1.53. The summed E-state index contributed by atoms with van der Waals surface area (Å²) in [4.78, 5) is 12.1. The van der Waals surface area contributed by atoms with Crippen molar-refractivity contribution >= 4 is 39.8 Å². The summed E-state index contributed by atoms with van der Waals surface area (Å²) in [6.45, 7) is 0. The van der Waals surface area contributed by atoms with Gasteiger partial charge in [0, 0.05) is 22.8 Å². The molecule has 3 aromatic rings. The topological polar surface area (TPSA) is 72.2 Å². The van der Waals surface area contributed by atoms with Crippen LogP contribution in [0.15, 0.2) is 69.6 Å². The third-order valence-electron chi connectivity index (χ3n) is 3.50. The monoisotopic (exact) mass is 429 g/mol. The number of hydrogen-bond donors (Lipinski definition) is 1. The number of halogens is 1. The molecular formula is C18H16BrN5OS. The Morgan fingerprint density at radius 2 is 1.96 bits per heavy atom. The number of nitrogens with one attached hydrogen (secondary N) is 1. The minimum atomic E-state index is -0.245. The zero-order chi connectivity index (χ0) is 18.4. The number of benzene rings is 2. The van der Waals surface area contributed by atoms with Gasteiger partial charge in [0.1, 0.15) is 6.33 Å². The molecule has 0 bridgehead atoms. The minimum absolute atomic E-state index is 0.245. The van der Waals surface area contributed by atoms with Gasteiger partial charge in [0.25, 0.3) is 5.91 Å². The number of hydrazone groups is 1. The lowest BCUT2D eigenvalue weighted by molar-refractivity contribution is 0.0955. The summed E-state index contributed by atoms with van der Waals surface area (Å²) in [6.07, 6.45) is 3.28. The van der Waals surface area contributed by atoms with E-state index >= 15 is 0 Å². The summed E-state index contributed by atoms with van der Waals surface area (Å²) in [5.74, 6) is 0.516. The van der Waals surface area contributed by atoms with E-state index in [0.29, 0.717) is 5.56 Å². The highest BCUT2D eigenvalue weighted by Crippen LogP contribution is 2.20. The highest BCUT2D eigenvalue weighted by atomic mass is 79.9. The van der Waals surface area contributed by atoms with E-state index in [-0.39, 0.29) is 5.91 Å². The number of aryl methyl sites for hydroxylation is 1. The third-order valence-corrected chi connectivity index (χ3v) is 5.14. The molecule has 0 fully saturated rings. The van der Waals surface area contributed by atoms with Crippen molar-refractivity contribution in [2.45, 2.75) is 10.9 Å². The average Bonchev–Trinajstić information content (AvgIpc) is 3.07. The molecule has 26 heavy (non-hydrogen) atoms. The van der Waals surface area contributed by atoms with Gasteiger partial charge in [0.2, 0.25) is 0 Å². The van der Waals surface area contributed by atoms with Gasteiger partial charge < -0.3 is 4.57 Å². The fraction of sp³-hybridized carbons (Fsp3) is 0.111. The normalized spacial score (nSPS) is 11.0. The lowest BCUT2D eigenvalue weighted by Crippen LogP contribution is -2.17. The number of rotatable bonds is 6. The van der Waals surface area contributed by atoms with E-state index < -0.39 is 0 Å². The zero-order valence-corrected chi connectivity index (χ0v) is 16.4. The predicted octanol–water partition coefficient (Wildman–Crippen LogP) is 3.63. The van der Waals surface area contributed by atoms with E-state index in [9.17, 15) is 4.79 Å². The standard InChI is InChI=1S/C18H16BrN5OS/c1-24-12-21-23-18(24)26-11-14-2-6-15(7-3-14)17(25)22-20-10-13-4-8-16(19)9-5-13/h2-10,12H,11H2,1H3,(H,22,25)/b20-10+. The molecule has 0 aliphatic heterocycles. The molecule has 0 radical (unpaired) electrons. The quantitative estimate of drug-likeness (QED) is 0.368. The van der Waals surface area contributed by atoms with Crippen molar-refractivity contribution in [3.05, 3.63) is 76.0 Å². The molecule has 1 heterocycles. The van der Waals surface area contributed by atoms with E-state index in [1.165, 1.54) is 0 Å². The molecule has 3 rings (SSSR count). The maximum absolute atomic E-state index is 12.1. The van der Waals surface area contributed by atoms with Gasteiger partial charge >= 0.3 is 0 Å². The maximum Gasteiger partial charge on any atom is 0.271 e. The largest absolute Gasteiger partial charge is 0.312 e. The molecule has 0 aliphatic rings. The highest BCUT2D eigenvalue weighted by Gasteiger charge is 2.06. The van der Waals surface area contributed by atoms with Gasteiger partial charge in [-0.25, -0.2) is 5.43 Å². The Labute approximate surface area is 163 Å². The van der Waals surface area contributed by atoms with Crippen molar-refractivity contribution in [3.8, 4) is 0 Å². The highest BCUT2D eigenvalue weighted by molar-refractivity contribution is 9.10. The van der Waals surface area contributed by atoms with Gasteiger partial charge in [-0.15, -0.1) is 10.2 Å². The summed E-state index contributed by atoms with van der Waals surface area (Å²) in [5, 5.41) is 12.7. The van der Waals surface area contributed by atoms with Gasteiger partial charge in [0.05, 0.1) is 6.21 Å². The Morgan fingerprint density at radius 3 is 2.62 bits per heavy atom. The van der Waals surface area contributed by atoms with Crippen LogP contribution < -0.4 is 5.43 Å². The average molecular weight is 430 g/mol. The van der Waals surface area contributed by atoms with Crippen LogP contribution in [-0.4, -0.2) is 26.9 Å². The number of amides is 1. The smallest absolute Gasteiger partial charge is 0.271 e. The van der Waals surface area contributed by atoms with E-state index in [2.05, 4.69) is 36.7 Å². The fourth-order valence-corrected chi connectivity index (χ4v) is 3.19. The Morgan fingerprint density at radius 1 is 1.23 bits per heavy atom. The van der Waals surface area contributed by atoms with Crippen molar-refractivity contribution in [1.82, 2.24) is 20.2 Å². The molecule has 6 nitrogen and oxygen atoms in total. The Kier molecular flexibility index (Phi) is 6.19. The zero-order valence-electron chi connectivity index (χ0n) is 14.0. The predicted molar refractivity (Wildman–Crippen MR) is 106 cm³/mol. The van der Waals surface area contributed by atoms with E-state index in [4.69, 9.17) is 0 Å². The fourth-order valence-electron chi connectivity index (χ4n) is 2.08. The summed E-state index contributed by atoms with van der Waals surface area (Å²) in [7, 11) is 1.91. The molecule has 0 spiro atoms. The number of aromatic nitrogens is 3. The number of hydrogen-bond acceptors (Lipinski definition) is 5. The van der Waals surface area contributed by atoms with Crippen LogP contribution in [-0.2, 0) is 12.8 Å². The molecular weight excluding hydrogens is 414 g/mol. The van der Waals surface area contributed by atoms with Crippen molar-refractivity contribution < 1.29 is 4.79 Å². The van der Waals surface area contributed by atoms with Crippen LogP contribution >= 0.6 is 27.7 Å². The molecule has 1 aromatic heterocycles. The summed E-state index contributed by atoms with van der Waals surface area (Å²) in [6, 6.07) is 15.1. The Hall–Kier alpha value is -2.45. The van der Waals surface area contributed by atoms with Crippen LogP contribution in [0.5, 0.6) is 0 Å². The molecule has 0 saturated heterocycles. The maximum atomic E-state index is 12.1. The molecule has 132 valence electrons. The number of nitrogens with zero attached hydrogens (tertiary/aromatic N) is 4. The molecule has 1 amide bonds. The number of thioether (sulfide) groups is 1. The molecule has 2 aromatic carbocycles. The second kappa shape index (κ2) is 8.77. The van der Waals surface area contributed by atoms with Crippen LogP contribution in [0.1, 0.15) is 21.5 Å². The Bertz CT molecular complexity index is 906. The van der Waals surface area contributed by atoms with Crippen LogP contribution in [0.2, 0.25) is 0 Å². The SMILES string of the molecule is Cn1cnnc1SCc1ccc(C(=O)N/N=C/c2ccc(Br)cc2)cc1. The number of carbonyl (C=O) groups is 1. The second-order valence-electron chi connectivity index (χ2n) is 5.46. The molecule has 0 aliphatic carbocycles. The van der Waals surface area contributed by atoms with Gasteiger partial charge in [-0.05, 0) is 35.4 Å². The van der Waals surface area contributed by atoms with Crippen molar-refractivity contribution in [1.29, 1.82) is 0 Å². The van der Waals surface area contributed by atoms with Gasteiger partial charge in [-0.2, -0.15) is 5.10 Å². The first-order valence-electron chi connectivity index (χ1n) is 7.76. The lowest BCUT2D eigenvalue weighted by Gasteiger charge is -2.03. The van der Waals surface area contributed by atoms with Crippen molar-refractivity contribution in [2.24, 2.45) is 12.1 Å². The van der Waals surface area contributed by atoms with Gasteiger partial charge in [-0.1, -0.05) is 52.0 Å². The first-order chi connectivity index (χ1) is 12.6. The lowest BCUT2D eigenvalue weighted by atomic mass is 10.1. The van der Waals surface area contributed by atoms with Crippen molar-refractivity contribution in [2.75, 3.05) is 0 Å². The van der Waals surface area contributed by atoms with Gasteiger partial charge in [0.15, 0.2) is 5.16 Å². The second-order valence-corrected chi connectivity index (χ2v) is 7.32. The summed E-state index contributed by atoms with van der Waals surface area (Å²) >= 11 is 4.97. The number of carbonyl (C=O) groups excluding carboxylic acids is 1. The molecule has 0 unspecified atom stereocenters. The molecule has 1 N–H and O–H groups in total. The van der Waals surface area contributed by atoms with Crippen molar-refractivity contribution in [3.63, 3.8) is 0 Å². The molecule has 8 heteroatoms. The molecule has 0 atom stereocenters. The van der Waals surface area contributed by atoms with Crippen LogP contribution in [0.4, 0.5) is 0 Å². The van der Waals surface area contributed by atoms with Gasteiger partial charge in [-0.3, -0.25) is 4.79 Å². The van der Waals surface area contributed by atoms with Crippen LogP contribution in [0.25, 0.3) is 0 Å².